The summed E-state index contributed by atoms with van der Waals surface area (Å²) in [6, 6.07) is 7.39. The molecule has 1 aromatic carbocycles. The number of nitrogens with two attached hydrogens (primary N) is 1. The van der Waals surface area contributed by atoms with Gasteiger partial charge in [-0.1, -0.05) is 12.1 Å². The summed E-state index contributed by atoms with van der Waals surface area (Å²) >= 11 is 0. The van der Waals surface area contributed by atoms with E-state index < -0.39 is 0 Å². The van der Waals surface area contributed by atoms with Gasteiger partial charge in [-0.15, -0.1) is 0 Å². The van der Waals surface area contributed by atoms with Gasteiger partial charge in [0, 0.05) is 18.5 Å². The van der Waals surface area contributed by atoms with E-state index in [-0.39, 0.29) is 29.7 Å². The number of carbonyl (C=O) groups excluding carboxylic acids is 1. The highest BCUT2D eigenvalue weighted by Gasteiger charge is 2.30. The third kappa shape index (κ3) is 3.76. The molecule has 0 saturated heterocycles. The van der Waals surface area contributed by atoms with Crippen molar-refractivity contribution in [1.29, 1.82) is 0 Å². The number of amides is 1. The molecule has 1 aliphatic rings. The zero-order chi connectivity index (χ0) is 15.4. The van der Waals surface area contributed by atoms with Crippen molar-refractivity contribution >= 4 is 5.91 Å². The number of nitrogens with zero attached hydrogens (tertiary/aromatic N) is 1. The van der Waals surface area contributed by atoms with E-state index in [1.165, 1.54) is 0 Å². The zero-order valence-electron chi connectivity index (χ0n) is 13.0. The molecule has 116 valence electrons. The Morgan fingerprint density at radius 1 is 1.38 bits per heavy atom. The minimum absolute atomic E-state index is 0.0230. The van der Waals surface area contributed by atoms with Gasteiger partial charge in [-0.3, -0.25) is 4.79 Å². The summed E-state index contributed by atoms with van der Waals surface area (Å²) in [5.41, 5.74) is 6.89. The average Bonchev–Trinajstić information content (AvgIpc) is 2.48. The summed E-state index contributed by atoms with van der Waals surface area (Å²) in [5.74, 6) is 0.566. The van der Waals surface area contributed by atoms with Crippen LogP contribution in [0, 0.1) is 5.92 Å². The number of phenolic OH excluding ortho intramolecular Hbond substituents is 1. The van der Waals surface area contributed by atoms with Crippen molar-refractivity contribution < 1.29 is 9.90 Å². The molecule has 0 heterocycles. The summed E-state index contributed by atoms with van der Waals surface area (Å²) in [5, 5.41) is 9.62. The molecule has 0 aliphatic heterocycles. The molecule has 1 fully saturated rings. The first-order valence-corrected chi connectivity index (χ1v) is 7.88. The molecule has 1 unspecified atom stereocenters. The van der Waals surface area contributed by atoms with E-state index >= 15 is 0 Å². The van der Waals surface area contributed by atoms with Crippen molar-refractivity contribution in [3.05, 3.63) is 29.8 Å². The van der Waals surface area contributed by atoms with Crippen LogP contribution < -0.4 is 5.73 Å². The molecule has 2 rings (SSSR count). The standard InChI is InChI=1S/C17H26N2O2/c1-3-19(12(2)14-5-4-6-16(20)11-14)17(21)13-7-9-15(18)10-8-13/h4-6,11-13,15,20H,3,7-10,18H2,1-2H3. The van der Waals surface area contributed by atoms with Crippen molar-refractivity contribution in [2.45, 2.75) is 51.6 Å². The van der Waals surface area contributed by atoms with Gasteiger partial charge in [0.05, 0.1) is 6.04 Å². The number of aromatic hydroxyl groups is 1. The van der Waals surface area contributed by atoms with E-state index in [0.29, 0.717) is 6.54 Å². The predicted octanol–water partition coefficient (Wildman–Crippen LogP) is 2.82. The van der Waals surface area contributed by atoms with Crippen molar-refractivity contribution in [2.24, 2.45) is 11.7 Å². The summed E-state index contributed by atoms with van der Waals surface area (Å²) in [4.78, 5) is 14.7. The Morgan fingerprint density at radius 3 is 2.62 bits per heavy atom. The highest BCUT2D eigenvalue weighted by Crippen LogP contribution is 2.29. The molecule has 1 aliphatic carbocycles. The van der Waals surface area contributed by atoms with E-state index in [9.17, 15) is 9.90 Å². The Labute approximate surface area is 126 Å². The second-order valence-corrected chi connectivity index (χ2v) is 6.01. The summed E-state index contributed by atoms with van der Waals surface area (Å²) < 4.78 is 0. The topological polar surface area (TPSA) is 66.6 Å². The summed E-state index contributed by atoms with van der Waals surface area (Å²) in [6.45, 7) is 4.70. The van der Waals surface area contributed by atoms with Crippen molar-refractivity contribution in [3.8, 4) is 5.75 Å². The van der Waals surface area contributed by atoms with Gasteiger partial charge >= 0.3 is 0 Å². The third-order valence-corrected chi connectivity index (χ3v) is 4.56. The number of hydrogen-bond acceptors (Lipinski definition) is 3. The fourth-order valence-electron chi connectivity index (χ4n) is 3.19. The molecule has 0 radical (unpaired) electrons. The molecule has 1 amide bonds. The van der Waals surface area contributed by atoms with Gasteiger partial charge in [0.1, 0.15) is 5.75 Å². The maximum atomic E-state index is 12.8. The lowest BCUT2D eigenvalue weighted by Crippen LogP contribution is -2.40. The summed E-state index contributed by atoms with van der Waals surface area (Å²) in [7, 11) is 0. The Balaban J connectivity index is 2.09. The normalized spacial score (nSPS) is 23.6. The van der Waals surface area contributed by atoms with Crippen LogP contribution in [0.2, 0.25) is 0 Å². The van der Waals surface area contributed by atoms with Crippen LogP contribution in [0.3, 0.4) is 0 Å². The lowest BCUT2D eigenvalue weighted by atomic mass is 9.85. The molecule has 1 atom stereocenters. The molecule has 1 aromatic rings. The quantitative estimate of drug-likeness (QED) is 0.896. The van der Waals surface area contributed by atoms with Gasteiger partial charge in [0.2, 0.25) is 5.91 Å². The van der Waals surface area contributed by atoms with Crippen molar-refractivity contribution in [1.82, 2.24) is 4.90 Å². The van der Waals surface area contributed by atoms with E-state index in [2.05, 4.69) is 0 Å². The Kier molecular flexibility index (Phi) is 5.23. The van der Waals surface area contributed by atoms with Crippen LogP contribution >= 0.6 is 0 Å². The number of hydrogen-bond donors (Lipinski definition) is 2. The predicted molar refractivity (Wildman–Crippen MR) is 83.8 cm³/mol. The number of phenols is 1. The molecule has 0 spiro atoms. The molecular formula is C17H26N2O2. The van der Waals surface area contributed by atoms with E-state index in [1.54, 1.807) is 12.1 Å². The summed E-state index contributed by atoms with van der Waals surface area (Å²) in [6.07, 6.45) is 3.66. The van der Waals surface area contributed by atoms with Crippen LogP contribution in [0.5, 0.6) is 5.75 Å². The molecule has 0 bridgehead atoms. The van der Waals surface area contributed by atoms with Crippen LogP contribution in [-0.4, -0.2) is 28.5 Å². The van der Waals surface area contributed by atoms with Crippen molar-refractivity contribution in [2.75, 3.05) is 6.54 Å². The smallest absolute Gasteiger partial charge is 0.226 e. The molecule has 21 heavy (non-hydrogen) atoms. The average molecular weight is 290 g/mol. The van der Waals surface area contributed by atoms with E-state index in [1.807, 2.05) is 30.9 Å². The second-order valence-electron chi connectivity index (χ2n) is 6.01. The van der Waals surface area contributed by atoms with Crippen LogP contribution in [0.1, 0.15) is 51.1 Å². The number of rotatable bonds is 4. The minimum Gasteiger partial charge on any atom is -0.508 e. The van der Waals surface area contributed by atoms with Gasteiger partial charge in [-0.2, -0.15) is 0 Å². The van der Waals surface area contributed by atoms with Gasteiger partial charge in [-0.25, -0.2) is 0 Å². The first-order chi connectivity index (χ1) is 10.0. The van der Waals surface area contributed by atoms with Gasteiger partial charge in [0.15, 0.2) is 0 Å². The monoisotopic (exact) mass is 290 g/mol. The Bertz CT molecular complexity index is 481. The van der Waals surface area contributed by atoms with E-state index in [0.717, 1.165) is 31.2 Å². The van der Waals surface area contributed by atoms with Gasteiger partial charge in [0.25, 0.3) is 0 Å². The fourth-order valence-corrected chi connectivity index (χ4v) is 3.19. The molecule has 0 aromatic heterocycles. The molecular weight excluding hydrogens is 264 g/mol. The number of carbonyl (C=O) groups is 1. The first kappa shape index (κ1) is 15.8. The van der Waals surface area contributed by atoms with E-state index in [4.69, 9.17) is 5.73 Å². The first-order valence-electron chi connectivity index (χ1n) is 7.88. The second kappa shape index (κ2) is 6.94. The zero-order valence-corrected chi connectivity index (χ0v) is 13.0. The molecule has 4 heteroatoms. The largest absolute Gasteiger partial charge is 0.508 e. The fraction of sp³-hybridized carbons (Fsp3) is 0.588. The maximum Gasteiger partial charge on any atom is 0.226 e. The highest BCUT2D eigenvalue weighted by molar-refractivity contribution is 5.79. The van der Waals surface area contributed by atoms with Gasteiger partial charge < -0.3 is 15.7 Å². The molecule has 3 N–H and O–H groups in total. The SMILES string of the molecule is CCN(C(=O)C1CCC(N)CC1)C(C)c1cccc(O)c1. The maximum absolute atomic E-state index is 12.8. The van der Waals surface area contributed by atoms with Gasteiger partial charge in [-0.05, 0) is 57.2 Å². The lowest BCUT2D eigenvalue weighted by molar-refractivity contribution is -0.138. The van der Waals surface area contributed by atoms with Crippen LogP contribution in [0.25, 0.3) is 0 Å². The Hall–Kier alpha value is -1.55. The minimum atomic E-state index is -0.0230. The highest BCUT2D eigenvalue weighted by atomic mass is 16.3. The van der Waals surface area contributed by atoms with Crippen LogP contribution in [0.4, 0.5) is 0 Å². The number of benzene rings is 1. The van der Waals surface area contributed by atoms with Crippen LogP contribution in [-0.2, 0) is 4.79 Å². The third-order valence-electron chi connectivity index (χ3n) is 4.56. The Morgan fingerprint density at radius 2 is 2.05 bits per heavy atom. The van der Waals surface area contributed by atoms with Crippen molar-refractivity contribution in [3.63, 3.8) is 0 Å². The lowest BCUT2D eigenvalue weighted by Gasteiger charge is -2.34. The molecule has 4 nitrogen and oxygen atoms in total. The van der Waals surface area contributed by atoms with Crippen LogP contribution in [0.15, 0.2) is 24.3 Å². The molecule has 1 saturated carbocycles.